The topological polar surface area (TPSA) is 53.9 Å². The molecule has 20 heavy (non-hydrogen) atoms. The second kappa shape index (κ2) is 5.93. The third-order valence-electron chi connectivity index (χ3n) is 3.30. The van der Waals surface area contributed by atoms with Gasteiger partial charge in [-0.1, -0.05) is 6.07 Å². The average Bonchev–Trinajstić information content (AvgIpc) is 3.12. The number of halogens is 1. The fourth-order valence-electron chi connectivity index (χ4n) is 2.27. The quantitative estimate of drug-likeness (QED) is 0.938. The van der Waals surface area contributed by atoms with Crippen molar-refractivity contribution in [1.82, 2.24) is 15.0 Å². The Morgan fingerprint density at radius 2 is 2.10 bits per heavy atom. The zero-order chi connectivity index (χ0) is 13.9. The number of thiophene rings is 1. The molecule has 0 saturated carbocycles. The van der Waals surface area contributed by atoms with Gasteiger partial charge in [-0.05, 0) is 42.8 Å². The van der Waals surface area contributed by atoms with E-state index in [1.165, 1.54) is 17.7 Å². The van der Waals surface area contributed by atoms with Crippen LogP contribution in [0, 0.1) is 0 Å². The van der Waals surface area contributed by atoms with Crippen LogP contribution in [0.15, 0.2) is 17.5 Å². The highest BCUT2D eigenvalue weighted by molar-refractivity contribution is 7.10. The van der Waals surface area contributed by atoms with Gasteiger partial charge in [0.25, 0.3) is 0 Å². The number of anilines is 2. The molecule has 0 aliphatic carbocycles. The molecule has 0 aromatic carbocycles. The molecule has 1 aliphatic rings. The predicted octanol–water partition coefficient (Wildman–Crippen LogP) is 3.36. The third-order valence-corrected chi connectivity index (χ3v) is 4.52. The van der Waals surface area contributed by atoms with Gasteiger partial charge in [0.05, 0.1) is 6.04 Å². The molecule has 1 aliphatic heterocycles. The lowest BCUT2D eigenvalue weighted by Crippen LogP contribution is -2.21. The highest BCUT2D eigenvalue weighted by Gasteiger charge is 2.17. The van der Waals surface area contributed by atoms with Crippen molar-refractivity contribution in [2.45, 2.75) is 25.8 Å². The summed E-state index contributed by atoms with van der Waals surface area (Å²) in [7, 11) is 0. The molecule has 106 valence electrons. The van der Waals surface area contributed by atoms with E-state index in [0.29, 0.717) is 11.9 Å². The first-order valence-corrected chi connectivity index (χ1v) is 7.94. The molecule has 1 atom stereocenters. The second-order valence-electron chi connectivity index (χ2n) is 4.80. The summed E-state index contributed by atoms with van der Waals surface area (Å²) in [6.45, 7) is 4.06. The van der Waals surface area contributed by atoms with Crippen LogP contribution in [-0.4, -0.2) is 28.0 Å². The maximum atomic E-state index is 6.01. The lowest BCUT2D eigenvalue weighted by atomic mass is 10.3. The molecule has 5 nitrogen and oxygen atoms in total. The molecular weight excluding hydrogens is 294 g/mol. The van der Waals surface area contributed by atoms with E-state index in [2.05, 4.69) is 43.5 Å². The van der Waals surface area contributed by atoms with E-state index in [9.17, 15) is 0 Å². The van der Waals surface area contributed by atoms with Gasteiger partial charge in [0.15, 0.2) is 0 Å². The van der Waals surface area contributed by atoms with E-state index in [-0.39, 0.29) is 11.3 Å². The second-order valence-corrected chi connectivity index (χ2v) is 6.12. The van der Waals surface area contributed by atoms with Crippen LogP contribution in [0.3, 0.4) is 0 Å². The van der Waals surface area contributed by atoms with Gasteiger partial charge in [-0.3, -0.25) is 0 Å². The van der Waals surface area contributed by atoms with Crippen LogP contribution in [0.1, 0.15) is 30.7 Å². The smallest absolute Gasteiger partial charge is 0.231 e. The van der Waals surface area contributed by atoms with E-state index in [0.717, 1.165) is 13.1 Å². The Bertz CT molecular complexity index is 568. The van der Waals surface area contributed by atoms with Crippen LogP contribution >= 0.6 is 22.9 Å². The summed E-state index contributed by atoms with van der Waals surface area (Å²) in [5, 5.41) is 5.58. The van der Waals surface area contributed by atoms with Gasteiger partial charge in [0.2, 0.25) is 17.2 Å². The van der Waals surface area contributed by atoms with E-state index in [4.69, 9.17) is 11.6 Å². The van der Waals surface area contributed by atoms with Crippen molar-refractivity contribution in [1.29, 1.82) is 0 Å². The zero-order valence-electron chi connectivity index (χ0n) is 11.2. The van der Waals surface area contributed by atoms with E-state index in [1.807, 2.05) is 6.07 Å². The molecule has 1 fully saturated rings. The molecule has 2 aromatic rings. The number of hydrogen-bond acceptors (Lipinski definition) is 6. The number of rotatable bonds is 4. The highest BCUT2D eigenvalue weighted by Crippen LogP contribution is 2.23. The third kappa shape index (κ3) is 3.02. The maximum absolute atomic E-state index is 6.01. The highest BCUT2D eigenvalue weighted by atomic mass is 35.5. The van der Waals surface area contributed by atoms with E-state index in [1.54, 1.807) is 11.3 Å². The molecule has 3 rings (SSSR count). The van der Waals surface area contributed by atoms with Gasteiger partial charge >= 0.3 is 0 Å². The van der Waals surface area contributed by atoms with Crippen LogP contribution in [-0.2, 0) is 0 Å². The Kier molecular flexibility index (Phi) is 4.03. The Morgan fingerprint density at radius 1 is 1.30 bits per heavy atom. The normalized spacial score (nSPS) is 16.4. The minimum absolute atomic E-state index is 0.153. The summed E-state index contributed by atoms with van der Waals surface area (Å²) in [6, 6.07) is 4.28. The first-order valence-electron chi connectivity index (χ1n) is 6.69. The van der Waals surface area contributed by atoms with Crippen molar-refractivity contribution in [2.24, 2.45) is 0 Å². The molecule has 1 unspecified atom stereocenters. The summed E-state index contributed by atoms with van der Waals surface area (Å²) in [6.07, 6.45) is 2.36. The summed E-state index contributed by atoms with van der Waals surface area (Å²) in [4.78, 5) is 16.2. The van der Waals surface area contributed by atoms with Gasteiger partial charge in [-0.25, -0.2) is 0 Å². The predicted molar refractivity (Wildman–Crippen MR) is 82.6 cm³/mol. The fraction of sp³-hybridized carbons (Fsp3) is 0.462. The minimum atomic E-state index is 0.153. The van der Waals surface area contributed by atoms with E-state index >= 15 is 0 Å². The first-order chi connectivity index (χ1) is 9.72. The molecule has 3 heterocycles. The summed E-state index contributed by atoms with van der Waals surface area (Å²) in [5.74, 6) is 1.20. The molecule has 2 aromatic heterocycles. The van der Waals surface area contributed by atoms with Crippen molar-refractivity contribution in [2.75, 3.05) is 23.3 Å². The van der Waals surface area contributed by atoms with Crippen LogP contribution in [0.25, 0.3) is 0 Å². The zero-order valence-corrected chi connectivity index (χ0v) is 12.8. The number of aromatic nitrogens is 3. The van der Waals surface area contributed by atoms with Crippen molar-refractivity contribution < 1.29 is 0 Å². The average molecular weight is 310 g/mol. The molecule has 0 amide bonds. The van der Waals surface area contributed by atoms with Gasteiger partial charge in [-0.15, -0.1) is 11.3 Å². The van der Waals surface area contributed by atoms with Crippen molar-refractivity contribution in [3.63, 3.8) is 0 Å². The van der Waals surface area contributed by atoms with Crippen LogP contribution in [0.5, 0.6) is 0 Å². The first kappa shape index (κ1) is 13.6. The SMILES string of the molecule is CC(Nc1nc(Cl)nc(N2CCCC2)n1)c1cccs1. The maximum Gasteiger partial charge on any atom is 0.231 e. The van der Waals surface area contributed by atoms with Crippen LogP contribution in [0.2, 0.25) is 5.28 Å². The lowest BCUT2D eigenvalue weighted by Gasteiger charge is -2.17. The molecule has 1 saturated heterocycles. The monoisotopic (exact) mass is 309 g/mol. The van der Waals surface area contributed by atoms with Crippen molar-refractivity contribution >= 4 is 34.8 Å². The van der Waals surface area contributed by atoms with Crippen molar-refractivity contribution in [3.8, 4) is 0 Å². The van der Waals surface area contributed by atoms with Gasteiger partial charge in [-0.2, -0.15) is 15.0 Å². The summed E-state index contributed by atoms with van der Waals surface area (Å²) >= 11 is 7.72. The molecule has 0 spiro atoms. The van der Waals surface area contributed by atoms with E-state index < -0.39 is 0 Å². The number of nitrogens with zero attached hydrogens (tertiary/aromatic N) is 4. The Morgan fingerprint density at radius 3 is 2.80 bits per heavy atom. The number of nitrogens with one attached hydrogen (secondary N) is 1. The molecule has 7 heteroatoms. The van der Waals surface area contributed by atoms with Crippen LogP contribution in [0.4, 0.5) is 11.9 Å². The Hall–Kier alpha value is -1.40. The molecular formula is C13H16ClN5S. The Balaban J connectivity index is 1.79. The molecule has 0 bridgehead atoms. The standard InChI is InChI=1S/C13H16ClN5S/c1-9(10-5-4-8-20-10)15-12-16-11(14)17-13(18-12)19-6-2-3-7-19/h4-5,8-9H,2-3,6-7H2,1H3,(H,15,16,17,18). The largest absolute Gasteiger partial charge is 0.347 e. The van der Waals surface area contributed by atoms with Crippen molar-refractivity contribution in [3.05, 3.63) is 27.7 Å². The lowest BCUT2D eigenvalue weighted by molar-refractivity contribution is 0.844. The minimum Gasteiger partial charge on any atom is -0.347 e. The molecule has 1 N–H and O–H groups in total. The van der Waals surface area contributed by atoms with Gasteiger partial charge in [0.1, 0.15) is 0 Å². The Labute approximate surface area is 127 Å². The summed E-state index contributed by atoms with van der Waals surface area (Å²) in [5.41, 5.74) is 0. The van der Waals surface area contributed by atoms with Gasteiger partial charge in [0, 0.05) is 18.0 Å². The number of hydrogen-bond donors (Lipinski definition) is 1. The van der Waals surface area contributed by atoms with Gasteiger partial charge < -0.3 is 10.2 Å². The summed E-state index contributed by atoms with van der Waals surface area (Å²) < 4.78 is 0. The fourth-order valence-corrected chi connectivity index (χ4v) is 3.16. The molecule has 0 radical (unpaired) electrons. The van der Waals surface area contributed by atoms with Crippen LogP contribution < -0.4 is 10.2 Å².